The highest BCUT2D eigenvalue weighted by Gasteiger charge is 2.74. The molecule has 0 amide bonds. The van der Waals surface area contributed by atoms with Gasteiger partial charge in [-0.1, -0.05) is 27.2 Å². The molecular formula is C14H26O4. The fraction of sp³-hybridized carbons (Fsp3) is 1.00. The molecular weight excluding hydrogens is 232 g/mol. The first-order chi connectivity index (χ1) is 8.24. The van der Waals surface area contributed by atoms with Crippen LogP contribution in [0, 0.1) is 11.3 Å². The van der Waals surface area contributed by atoms with Gasteiger partial charge in [-0.2, -0.15) is 0 Å². The summed E-state index contributed by atoms with van der Waals surface area (Å²) < 4.78 is 0. The quantitative estimate of drug-likeness (QED) is 0.601. The molecule has 4 nitrogen and oxygen atoms in total. The number of hydrogen-bond acceptors (Lipinski definition) is 4. The minimum absolute atomic E-state index is 0.244. The molecule has 0 aromatic heterocycles. The molecule has 4 heteroatoms. The average Bonchev–Trinajstić information content (AvgIpc) is 2.34. The van der Waals surface area contributed by atoms with E-state index in [9.17, 15) is 20.4 Å². The van der Waals surface area contributed by atoms with Crippen LogP contribution in [0.5, 0.6) is 0 Å². The van der Waals surface area contributed by atoms with Gasteiger partial charge in [0, 0.05) is 5.41 Å². The van der Waals surface area contributed by atoms with E-state index in [1.54, 1.807) is 0 Å². The van der Waals surface area contributed by atoms with Crippen molar-refractivity contribution in [2.45, 2.75) is 76.3 Å². The summed E-state index contributed by atoms with van der Waals surface area (Å²) in [7, 11) is 0. The average molecular weight is 258 g/mol. The lowest BCUT2D eigenvalue weighted by atomic mass is 9.43. The Bertz CT molecular complexity index is 332. The van der Waals surface area contributed by atoms with Gasteiger partial charge in [0.25, 0.3) is 0 Å². The Morgan fingerprint density at radius 3 is 2.06 bits per heavy atom. The standard InChI is InChI=1S/C14H26O4/c1-4-6-12(9(2)3)8-14(18,11(12)16)13(17)7-5-10(13)15/h9-11,15-18H,4-8H2,1-3H3. The number of rotatable bonds is 4. The lowest BCUT2D eigenvalue weighted by Gasteiger charge is -2.68. The van der Waals surface area contributed by atoms with Crippen molar-refractivity contribution < 1.29 is 20.4 Å². The molecule has 0 spiro atoms. The van der Waals surface area contributed by atoms with Gasteiger partial charge in [-0.25, -0.2) is 0 Å². The van der Waals surface area contributed by atoms with Crippen LogP contribution in [0.15, 0.2) is 0 Å². The van der Waals surface area contributed by atoms with Crippen LogP contribution in [-0.2, 0) is 0 Å². The van der Waals surface area contributed by atoms with Crippen LogP contribution < -0.4 is 0 Å². The van der Waals surface area contributed by atoms with Crippen molar-refractivity contribution >= 4 is 0 Å². The topological polar surface area (TPSA) is 80.9 Å². The molecule has 4 N–H and O–H groups in total. The van der Waals surface area contributed by atoms with E-state index in [0.717, 1.165) is 12.8 Å². The van der Waals surface area contributed by atoms with Crippen LogP contribution in [0.25, 0.3) is 0 Å². The molecule has 5 unspecified atom stereocenters. The van der Waals surface area contributed by atoms with E-state index >= 15 is 0 Å². The van der Waals surface area contributed by atoms with Crippen molar-refractivity contribution in [1.82, 2.24) is 0 Å². The van der Waals surface area contributed by atoms with Gasteiger partial charge in [0.05, 0.1) is 12.2 Å². The second-order valence-corrected chi connectivity index (χ2v) is 6.62. The van der Waals surface area contributed by atoms with E-state index in [1.807, 2.05) is 13.8 Å². The third-order valence-corrected chi connectivity index (χ3v) is 5.56. The first kappa shape index (κ1) is 14.3. The Balaban J connectivity index is 2.21. The molecule has 0 radical (unpaired) electrons. The van der Waals surface area contributed by atoms with Gasteiger partial charge in [0.1, 0.15) is 11.2 Å². The van der Waals surface area contributed by atoms with Crippen LogP contribution in [0.3, 0.4) is 0 Å². The smallest absolute Gasteiger partial charge is 0.123 e. The minimum atomic E-state index is -1.54. The first-order valence-electron chi connectivity index (χ1n) is 7.05. The van der Waals surface area contributed by atoms with Crippen LogP contribution >= 0.6 is 0 Å². The second kappa shape index (κ2) is 4.17. The fourth-order valence-electron chi connectivity index (χ4n) is 3.98. The molecule has 0 aromatic carbocycles. The lowest BCUT2D eigenvalue weighted by molar-refractivity contribution is -0.356. The molecule has 106 valence electrons. The predicted molar refractivity (Wildman–Crippen MR) is 67.9 cm³/mol. The molecule has 2 rings (SSSR count). The predicted octanol–water partition coefficient (Wildman–Crippen LogP) is 0.810. The third kappa shape index (κ3) is 1.46. The fourth-order valence-corrected chi connectivity index (χ4v) is 3.98. The summed E-state index contributed by atoms with van der Waals surface area (Å²) in [4.78, 5) is 0. The lowest BCUT2D eigenvalue weighted by Crippen LogP contribution is -2.81. The van der Waals surface area contributed by atoms with Gasteiger partial charge in [-0.3, -0.25) is 0 Å². The molecule has 2 saturated carbocycles. The molecule has 0 heterocycles. The van der Waals surface area contributed by atoms with Gasteiger partial charge >= 0.3 is 0 Å². The summed E-state index contributed by atoms with van der Waals surface area (Å²) in [6.45, 7) is 6.14. The maximum Gasteiger partial charge on any atom is 0.123 e. The Kier molecular flexibility index (Phi) is 3.30. The van der Waals surface area contributed by atoms with E-state index in [0.29, 0.717) is 19.3 Å². The zero-order valence-electron chi connectivity index (χ0n) is 11.6. The molecule has 2 aliphatic rings. The second-order valence-electron chi connectivity index (χ2n) is 6.62. The highest BCUT2D eigenvalue weighted by molar-refractivity contribution is 5.25. The minimum Gasteiger partial charge on any atom is -0.390 e. The molecule has 0 bridgehead atoms. The maximum absolute atomic E-state index is 10.6. The zero-order chi connectivity index (χ0) is 13.8. The molecule has 5 atom stereocenters. The first-order valence-corrected chi connectivity index (χ1v) is 7.05. The van der Waals surface area contributed by atoms with Crippen LogP contribution in [0.2, 0.25) is 0 Å². The number of aliphatic hydroxyl groups excluding tert-OH is 2. The SMILES string of the molecule is CCCC1(C(C)C)CC(O)(C2(O)CCC2O)C1O. The third-order valence-electron chi connectivity index (χ3n) is 5.56. The summed E-state index contributed by atoms with van der Waals surface area (Å²) in [5.41, 5.74) is -3.38. The number of hydrogen-bond donors (Lipinski definition) is 4. The van der Waals surface area contributed by atoms with Crippen LogP contribution in [0.4, 0.5) is 0 Å². The van der Waals surface area contributed by atoms with Gasteiger partial charge in [-0.15, -0.1) is 0 Å². The van der Waals surface area contributed by atoms with Crippen LogP contribution in [0.1, 0.15) is 52.9 Å². The largest absolute Gasteiger partial charge is 0.390 e. The van der Waals surface area contributed by atoms with Crippen molar-refractivity contribution in [3.63, 3.8) is 0 Å². The summed E-state index contributed by atoms with van der Waals surface area (Å²) in [6.07, 6.45) is 1.14. The molecule has 18 heavy (non-hydrogen) atoms. The van der Waals surface area contributed by atoms with E-state index in [-0.39, 0.29) is 11.3 Å². The van der Waals surface area contributed by atoms with Crippen molar-refractivity contribution in [2.24, 2.45) is 11.3 Å². The van der Waals surface area contributed by atoms with Crippen molar-refractivity contribution in [3.8, 4) is 0 Å². The van der Waals surface area contributed by atoms with Crippen LogP contribution in [-0.4, -0.2) is 43.8 Å². The van der Waals surface area contributed by atoms with E-state index in [1.165, 1.54) is 0 Å². The Labute approximate surface area is 109 Å². The van der Waals surface area contributed by atoms with Crippen molar-refractivity contribution in [2.75, 3.05) is 0 Å². The number of aliphatic hydroxyl groups is 4. The highest BCUT2D eigenvalue weighted by Crippen LogP contribution is 2.62. The molecule has 0 aliphatic heterocycles. The molecule has 2 fully saturated rings. The van der Waals surface area contributed by atoms with E-state index in [2.05, 4.69) is 6.92 Å². The van der Waals surface area contributed by atoms with Gasteiger partial charge in [-0.05, 0) is 31.6 Å². The van der Waals surface area contributed by atoms with Gasteiger partial charge in [0.15, 0.2) is 0 Å². The highest BCUT2D eigenvalue weighted by atomic mass is 16.4. The summed E-state index contributed by atoms with van der Waals surface area (Å²) in [6, 6.07) is 0. The van der Waals surface area contributed by atoms with Gasteiger partial charge in [0.2, 0.25) is 0 Å². The molecule has 2 aliphatic carbocycles. The Morgan fingerprint density at radius 1 is 1.17 bits per heavy atom. The zero-order valence-corrected chi connectivity index (χ0v) is 11.6. The monoisotopic (exact) mass is 258 g/mol. The maximum atomic E-state index is 10.6. The van der Waals surface area contributed by atoms with Gasteiger partial charge < -0.3 is 20.4 Å². The van der Waals surface area contributed by atoms with Crippen molar-refractivity contribution in [1.29, 1.82) is 0 Å². The normalized spacial score (nSPS) is 52.0. The van der Waals surface area contributed by atoms with E-state index in [4.69, 9.17) is 0 Å². The van der Waals surface area contributed by atoms with E-state index < -0.39 is 23.4 Å². The Morgan fingerprint density at radius 2 is 1.78 bits per heavy atom. The summed E-state index contributed by atoms with van der Waals surface area (Å²) in [5, 5.41) is 41.1. The Hall–Kier alpha value is -0.160. The van der Waals surface area contributed by atoms with Crippen molar-refractivity contribution in [3.05, 3.63) is 0 Å². The summed E-state index contributed by atoms with van der Waals surface area (Å²) in [5.74, 6) is 0.244. The molecule has 0 saturated heterocycles. The summed E-state index contributed by atoms with van der Waals surface area (Å²) >= 11 is 0. The molecule has 0 aromatic rings.